The van der Waals surface area contributed by atoms with E-state index in [2.05, 4.69) is 26.0 Å². The monoisotopic (exact) mass is 359 g/mol. The van der Waals surface area contributed by atoms with Crippen LogP contribution in [-0.4, -0.2) is 19.9 Å². The highest BCUT2D eigenvalue weighted by Gasteiger charge is 2.20. The van der Waals surface area contributed by atoms with Gasteiger partial charge in [-0.1, -0.05) is 18.2 Å². The number of aromatic nitrogens is 4. The van der Waals surface area contributed by atoms with E-state index >= 15 is 0 Å². The van der Waals surface area contributed by atoms with Crippen molar-refractivity contribution in [1.82, 2.24) is 19.9 Å². The lowest BCUT2D eigenvalue weighted by Crippen LogP contribution is -2.05. The van der Waals surface area contributed by atoms with E-state index < -0.39 is 5.92 Å². The third-order valence-electron chi connectivity index (χ3n) is 3.73. The van der Waals surface area contributed by atoms with Gasteiger partial charge in [0.25, 0.3) is 0 Å². The number of hydrogen-bond acceptors (Lipinski definition) is 7. The molecular weight excluding hydrogens is 346 g/mol. The average molecular weight is 359 g/mol. The molecule has 0 bridgehead atoms. The van der Waals surface area contributed by atoms with Gasteiger partial charge in [-0.3, -0.25) is 4.98 Å². The third-order valence-corrected chi connectivity index (χ3v) is 4.83. The molecular formula is C19H13N5OS. The molecule has 0 saturated heterocycles. The lowest BCUT2D eigenvalue weighted by Gasteiger charge is -2.08. The van der Waals surface area contributed by atoms with E-state index in [-0.39, 0.29) is 6.01 Å². The number of thiazole rings is 1. The first-order valence-corrected chi connectivity index (χ1v) is 8.75. The number of nitriles is 1. The second-order valence-electron chi connectivity index (χ2n) is 5.50. The van der Waals surface area contributed by atoms with Crippen molar-refractivity contribution in [2.24, 2.45) is 0 Å². The Bertz CT molecular complexity index is 1040. The number of pyridine rings is 1. The Balaban J connectivity index is 1.58. The van der Waals surface area contributed by atoms with Crippen LogP contribution >= 0.6 is 11.3 Å². The smallest absolute Gasteiger partial charge is 0.316 e. The molecule has 4 aromatic rings. The summed E-state index contributed by atoms with van der Waals surface area (Å²) in [7, 11) is 0. The van der Waals surface area contributed by atoms with Crippen molar-refractivity contribution in [2.75, 3.05) is 0 Å². The summed E-state index contributed by atoms with van der Waals surface area (Å²) in [5.74, 6) is -0.559. The van der Waals surface area contributed by atoms with Crippen molar-refractivity contribution in [1.29, 1.82) is 5.26 Å². The number of ether oxygens (including phenoxy) is 1. The highest BCUT2D eigenvalue weighted by molar-refractivity contribution is 7.18. The van der Waals surface area contributed by atoms with Gasteiger partial charge >= 0.3 is 6.01 Å². The zero-order chi connectivity index (χ0) is 17.8. The molecule has 0 saturated carbocycles. The zero-order valence-electron chi connectivity index (χ0n) is 13.6. The van der Waals surface area contributed by atoms with E-state index in [0.29, 0.717) is 17.3 Å². The van der Waals surface area contributed by atoms with Crippen LogP contribution in [0.2, 0.25) is 0 Å². The summed E-state index contributed by atoms with van der Waals surface area (Å²) >= 11 is 1.50. The van der Waals surface area contributed by atoms with Crippen LogP contribution in [-0.2, 0) is 6.61 Å². The van der Waals surface area contributed by atoms with E-state index in [1.807, 2.05) is 36.4 Å². The highest BCUT2D eigenvalue weighted by Crippen LogP contribution is 2.30. The van der Waals surface area contributed by atoms with Gasteiger partial charge in [0.15, 0.2) is 0 Å². The van der Waals surface area contributed by atoms with Gasteiger partial charge in [-0.25, -0.2) is 9.97 Å². The van der Waals surface area contributed by atoms with Crippen LogP contribution in [0.4, 0.5) is 0 Å². The normalized spacial score (nSPS) is 11.8. The molecule has 126 valence electrons. The van der Waals surface area contributed by atoms with Crippen LogP contribution in [0, 0.1) is 11.3 Å². The highest BCUT2D eigenvalue weighted by atomic mass is 32.1. The van der Waals surface area contributed by atoms with E-state index in [1.165, 1.54) is 11.3 Å². The summed E-state index contributed by atoms with van der Waals surface area (Å²) < 4.78 is 6.68. The van der Waals surface area contributed by atoms with Crippen LogP contribution in [0.1, 0.15) is 22.2 Å². The summed E-state index contributed by atoms with van der Waals surface area (Å²) in [5.41, 5.74) is 2.38. The summed E-state index contributed by atoms with van der Waals surface area (Å²) in [6.07, 6.45) is 5.03. The standard InChI is InChI=1S/C19H13N5OS/c20-10-14(18-23-16-5-1-2-6-17(16)26-18)15-7-9-22-19(24-15)25-12-13-4-3-8-21-11-13/h1-9,11,14H,12H2. The first-order chi connectivity index (χ1) is 12.8. The number of nitrogens with zero attached hydrogens (tertiary/aromatic N) is 5. The van der Waals surface area contributed by atoms with Crippen molar-refractivity contribution in [3.63, 3.8) is 0 Å². The molecule has 26 heavy (non-hydrogen) atoms. The molecule has 1 atom stereocenters. The van der Waals surface area contributed by atoms with Crippen molar-refractivity contribution >= 4 is 21.6 Å². The van der Waals surface area contributed by atoms with Crippen LogP contribution in [0.5, 0.6) is 6.01 Å². The van der Waals surface area contributed by atoms with Gasteiger partial charge in [0, 0.05) is 24.2 Å². The number of fused-ring (bicyclic) bond motifs is 1. The maximum absolute atomic E-state index is 9.66. The van der Waals surface area contributed by atoms with Crippen LogP contribution in [0.25, 0.3) is 10.2 Å². The van der Waals surface area contributed by atoms with Gasteiger partial charge in [-0.05, 0) is 24.3 Å². The third kappa shape index (κ3) is 3.36. The Hall–Kier alpha value is -3.37. The summed E-state index contributed by atoms with van der Waals surface area (Å²) in [6.45, 7) is 0.315. The minimum atomic E-state index is -0.559. The van der Waals surface area contributed by atoms with E-state index in [4.69, 9.17) is 4.74 Å². The first kappa shape index (κ1) is 16.1. The topological polar surface area (TPSA) is 84.6 Å². The molecule has 7 heteroatoms. The summed E-state index contributed by atoms with van der Waals surface area (Å²) in [5, 5.41) is 10.4. The molecule has 0 spiro atoms. The first-order valence-electron chi connectivity index (χ1n) is 7.93. The minimum Gasteiger partial charge on any atom is -0.459 e. The quantitative estimate of drug-likeness (QED) is 0.540. The van der Waals surface area contributed by atoms with Gasteiger partial charge in [0.05, 0.1) is 22.0 Å². The van der Waals surface area contributed by atoms with Gasteiger partial charge in [-0.2, -0.15) is 10.2 Å². The van der Waals surface area contributed by atoms with Crippen molar-refractivity contribution in [3.05, 3.63) is 77.3 Å². The fourth-order valence-corrected chi connectivity index (χ4v) is 3.50. The Morgan fingerprint density at radius 1 is 1.08 bits per heavy atom. The molecule has 6 nitrogen and oxygen atoms in total. The van der Waals surface area contributed by atoms with Crippen LogP contribution in [0.15, 0.2) is 61.1 Å². The Labute approximate surface area is 153 Å². The van der Waals surface area contributed by atoms with E-state index in [9.17, 15) is 5.26 Å². The minimum absolute atomic E-state index is 0.229. The molecule has 3 heterocycles. The van der Waals surface area contributed by atoms with Crippen LogP contribution in [0.3, 0.4) is 0 Å². The number of para-hydroxylation sites is 1. The predicted molar refractivity (Wildman–Crippen MR) is 97.7 cm³/mol. The summed E-state index contributed by atoms with van der Waals surface area (Å²) in [4.78, 5) is 17.1. The van der Waals surface area contributed by atoms with Gasteiger partial charge in [0.2, 0.25) is 0 Å². The van der Waals surface area contributed by atoms with Crippen molar-refractivity contribution in [3.8, 4) is 12.1 Å². The summed E-state index contributed by atoms with van der Waals surface area (Å²) in [6, 6.07) is 15.8. The molecule has 0 radical (unpaired) electrons. The maximum Gasteiger partial charge on any atom is 0.316 e. The average Bonchev–Trinajstić information content (AvgIpc) is 3.12. The second kappa shape index (κ2) is 7.25. The van der Waals surface area contributed by atoms with Crippen molar-refractivity contribution in [2.45, 2.75) is 12.5 Å². The Morgan fingerprint density at radius 2 is 2.00 bits per heavy atom. The van der Waals surface area contributed by atoms with Gasteiger partial charge in [0.1, 0.15) is 17.5 Å². The van der Waals surface area contributed by atoms with Crippen LogP contribution < -0.4 is 4.74 Å². The molecule has 1 aromatic carbocycles. The van der Waals surface area contributed by atoms with Crippen molar-refractivity contribution < 1.29 is 4.74 Å². The molecule has 0 fully saturated rings. The van der Waals surface area contributed by atoms with Gasteiger partial charge < -0.3 is 4.74 Å². The predicted octanol–water partition coefficient (Wildman–Crippen LogP) is 3.72. The zero-order valence-corrected chi connectivity index (χ0v) is 14.4. The molecule has 3 aromatic heterocycles. The number of rotatable bonds is 5. The fourth-order valence-electron chi connectivity index (χ4n) is 2.48. The lowest BCUT2D eigenvalue weighted by atomic mass is 10.1. The second-order valence-corrected chi connectivity index (χ2v) is 6.56. The number of hydrogen-bond donors (Lipinski definition) is 0. The fraction of sp³-hybridized carbons (Fsp3) is 0.105. The Kier molecular flexibility index (Phi) is 4.50. The molecule has 0 aliphatic carbocycles. The lowest BCUT2D eigenvalue weighted by molar-refractivity contribution is 0.279. The largest absolute Gasteiger partial charge is 0.459 e. The maximum atomic E-state index is 9.66. The molecule has 0 amide bonds. The van der Waals surface area contributed by atoms with E-state index in [1.54, 1.807) is 24.7 Å². The molecule has 0 aliphatic heterocycles. The molecule has 0 aliphatic rings. The SMILES string of the molecule is N#CC(c1ccnc(OCc2cccnc2)n1)c1nc2ccccc2s1. The molecule has 0 N–H and O–H groups in total. The molecule has 4 rings (SSSR count). The molecule has 1 unspecified atom stereocenters. The van der Waals surface area contributed by atoms with E-state index in [0.717, 1.165) is 15.8 Å². The Morgan fingerprint density at radius 3 is 2.81 bits per heavy atom. The number of benzene rings is 1. The van der Waals surface area contributed by atoms with Gasteiger partial charge in [-0.15, -0.1) is 11.3 Å².